The Balaban J connectivity index is 1.69. The van der Waals surface area contributed by atoms with Crippen LogP contribution in [0.5, 0.6) is 0 Å². The summed E-state index contributed by atoms with van der Waals surface area (Å²) in [4.78, 5) is 39.8. The molecular weight excluding hydrogens is 330 g/mol. The lowest BCUT2D eigenvalue weighted by Gasteiger charge is -2.08. The molecule has 0 aliphatic rings. The van der Waals surface area contributed by atoms with Gasteiger partial charge in [-0.25, -0.2) is 9.97 Å². The fraction of sp³-hybridized carbons (Fsp3) is 0.211. The molecule has 0 spiro atoms. The molecule has 0 atom stereocenters. The molecule has 3 rings (SSSR count). The minimum absolute atomic E-state index is 0.176. The van der Waals surface area contributed by atoms with Crippen LogP contribution in [0, 0.1) is 13.8 Å². The van der Waals surface area contributed by atoms with Crippen LogP contribution in [0.2, 0.25) is 0 Å². The minimum atomic E-state index is -0.231. The summed E-state index contributed by atoms with van der Waals surface area (Å²) in [6, 6.07) is 7.17. The third-order valence-electron chi connectivity index (χ3n) is 3.96. The number of pyridine rings is 2. The Morgan fingerprint density at radius 3 is 2.58 bits per heavy atom. The van der Waals surface area contributed by atoms with Gasteiger partial charge < -0.3 is 10.3 Å². The molecule has 0 aliphatic carbocycles. The molecule has 0 saturated carbocycles. The van der Waals surface area contributed by atoms with Crippen molar-refractivity contribution < 1.29 is 4.79 Å². The van der Waals surface area contributed by atoms with E-state index in [1.54, 1.807) is 43.7 Å². The van der Waals surface area contributed by atoms with Crippen molar-refractivity contribution in [2.24, 2.45) is 0 Å². The van der Waals surface area contributed by atoms with E-state index in [2.05, 4.69) is 25.3 Å². The first-order valence-corrected chi connectivity index (χ1v) is 8.25. The van der Waals surface area contributed by atoms with E-state index in [9.17, 15) is 9.59 Å². The standard InChI is InChI=1S/C19H19N5O2/c1-12-3-5-16(21-11-12)23-17(25)6-4-15-13(2)22-18(24-19(15)26)14-7-9-20-10-8-14/h3,5,7-11H,4,6H2,1-2H3,(H,21,23,25)(H,22,24,26). The van der Waals surface area contributed by atoms with Gasteiger partial charge in [0, 0.05) is 41.8 Å². The van der Waals surface area contributed by atoms with Crippen molar-refractivity contribution in [2.75, 3.05) is 5.32 Å². The summed E-state index contributed by atoms with van der Waals surface area (Å²) in [7, 11) is 0. The van der Waals surface area contributed by atoms with Gasteiger partial charge in [0.05, 0.1) is 0 Å². The maximum absolute atomic E-state index is 12.4. The molecule has 132 valence electrons. The number of rotatable bonds is 5. The molecule has 7 heteroatoms. The topological polar surface area (TPSA) is 101 Å². The number of hydrogen-bond donors (Lipinski definition) is 2. The monoisotopic (exact) mass is 349 g/mol. The highest BCUT2D eigenvalue weighted by Crippen LogP contribution is 2.14. The van der Waals surface area contributed by atoms with E-state index >= 15 is 0 Å². The Morgan fingerprint density at radius 2 is 1.92 bits per heavy atom. The normalized spacial score (nSPS) is 10.5. The summed E-state index contributed by atoms with van der Waals surface area (Å²) in [6.45, 7) is 3.70. The quantitative estimate of drug-likeness (QED) is 0.737. The first-order chi connectivity index (χ1) is 12.5. The van der Waals surface area contributed by atoms with Crippen LogP contribution < -0.4 is 10.9 Å². The van der Waals surface area contributed by atoms with Crippen molar-refractivity contribution in [3.8, 4) is 11.4 Å². The molecule has 0 bridgehead atoms. The third-order valence-corrected chi connectivity index (χ3v) is 3.96. The summed E-state index contributed by atoms with van der Waals surface area (Å²) in [5.74, 6) is 0.794. The molecule has 0 aromatic carbocycles. The van der Waals surface area contributed by atoms with Gasteiger partial charge >= 0.3 is 0 Å². The van der Waals surface area contributed by atoms with E-state index < -0.39 is 0 Å². The van der Waals surface area contributed by atoms with Crippen LogP contribution in [0.15, 0.2) is 47.7 Å². The maximum atomic E-state index is 12.4. The molecule has 0 fully saturated rings. The summed E-state index contributed by atoms with van der Waals surface area (Å²) in [6.07, 6.45) is 5.45. The summed E-state index contributed by atoms with van der Waals surface area (Å²) < 4.78 is 0. The highest BCUT2D eigenvalue weighted by molar-refractivity contribution is 5.89. The summed E-state index contributed by atoms with van der Waals surface area (Å²) >= 11 is 0. The smallest absolute Gasteiger partial charge is 0.254 e. The highest BCUT2D eigenvalue weighted by Gasteiger charge is 2.12. The molecule has 2 N–H and O–H groups in total. The highest BCUT2D eigenvalue weighted by atomic mass is 16.1. The lowest BCUT2D eigenvalue weighted by molar-refractivity contribution is -0.116. The van der Waals surface area contributed by atoms with E-state index in [1.807, 2.05) is 13.0 Å². The van der Waals surface area contributed by atoms with Crippen molar-refractivity contribution in [3.05, 3.63) is 70.0 Å². The number of aromatic nitrogens is 4. The van der Waals surface area contributed by atoms with Gasteiger partial charge in [-0.2, -0.15) is 0 Å². The SMILES string of the molecule is Cc1ccc(NC(=O)CCc2c(C)nc(-c3ccncc3)[nH]c2=O)nc1. The molecule has 0 unspecified atom stereocenters. The number of anilines is 1. The Kier molecular flexibility index (Phi) is 5.17. The van der Waals surface area contributed by atoms with Gasteiger partial charge in [-0.05, 0) is 44.0 Å². The summed E-state index contributed by atoms with van der Waals surface area (Å²) in [5, 5.41) is 2.73. The molecule has 3 heterocycles. The van der Waals surface area contributed by atoms with Crippen molar-refractivity contribution in [3.63, 3.8) is 0 Å². The number of aryl methyl sites for hydroxylation is 2. The van der Waals surface area contributed by atoms with Gasteiger partial charge in [0.15, 0.2) is 0 Å². The number of amides is 1. The van der Waals surface area contributed by atoms with Crippen LogP contribution in [0.25, 0.3) is 11.4 Å². The third kappa shape index (κ3) is 4.18. The Bertz CT molecular complexity index is 965. The predicted molar refractivity (Wildman–Crippen MR) is 98.8 cm³/mol. The first-order valence-electron chi connectivity index (χ1n) is 8.25. The molecule has 0 aliphatic heterocycles. The lowest BCUT2D eigenvalue weighted by Crippen LogP contribution is -2.20. The van der Waals surface area contributed by atoms with Gasteiger partial charge in [0.1, 0.15) is 11.6 Å². The molecule has 3 aromatic heterocycles. The molecule has 0 radical (unpaired) electrons. The molecule has 7 nitrogen and oxygen atoms in total. The first kappa shape index (κ1) is 17.5. The number of nitrogens with one attached hydrogen (secondary N) is 2. The van der Waals surface area contributed by atoms with Gasteiger partial charge in [-0.15, -0.1) is 0 Å². The molecular formula is C19H19N5O2. The minimum Gasteiger partial charge on any atom is -0.311 e. The second-order valence-electron chi connectivity index (χ2n) is 5.98. The van der Waals surface area contributed by atoms with E-state index in [0.29, 0.717) is 29.3 Å². The zero-order valence-electron chi connectivity index (χ0n) is 14.6. The van der Waals surface area contributed by atoms with Gasteiger partial charge in [-0.1, -0.05) is 6.07 Å². The van der Waals surface area contributed by atoms with Crippen LogP contribution in [0.3, 0.4) is 0 Å². The zero-order chi connectivity index (χ0) is 18.5. The number of aromatic amines is 1. The number of carbonyl (C=O) groups is 1. The number of hydrogen-bond acceptors (Lipinski definition) is 5. The average molecular weight is 349 g/mol. The van der Waals surface area contributed by atoms with E-state index in [-0.39, 0.29) is 17.9 Å². The van der Waals surface area contributed by atoms with E-state index in [0.717, 1.165) is 11.1 Å². The van der Waals surface area contributed by atoms with Gasteiger partial charge in [-0.3, -0.25) is 14.6 Å². The Labute approximate surface area is 150 Å². The number of H-pyrrole nitrogens is 1. The Morgan fingerprint density at radius 1 is 1.15 bits per heavy atom. The molecule has 3 aromatic rings. The van der Waals surface area contributed by atoms with Crippen molar-refractivity contribution in [1.82, 2.24) is 19.9 Å². The van der Waals surface area contributed by atoms with Crippen molar-refractivity contribution >= 4 is 11.7 Å². The fourth-order valence-corrected chi connectivity index (χ4v) is 2.54. The van der Waals surface area contributed by atoms with Gasteiger partial charge in [0.25, 0.3) is 5.56 Å². The van der Waals surface area contributed by atoms with Gasteiger partial charge in [0.2, 0.25) is 5.91 Å². The number of nitrogens with zero attached hydrogens (tertiary/aromatic N) is 3. The van der Waals surface area contributed by atoms with Crippen LogP contribution in [0.1, 0.15) is 23.2 Å². The van der Waals surface area contributed by atoms with E-state index in [1.165, 1.54) is 0 Å². The van der Waals surface area contributed by atoms with Crippen LogP contribution in [-0.4, -0.2) is 25.8 Å². The van der Waals surface area contributed by atoms with Crippen LogP contribution in [-0.2, 0) is 11.2 Å². The largest absolute Gasteiger partial charge is 0.311 e. The summed E-state index contributed by atoms with van der Waals surface area (Å²) in [5.41, 5.74) is 2.70. The fourth-order valence-electron chi connectivity index (χ4n) is 2.54. The lowest BCUT2D eigenvalue weighted by atomic mass is 10.1. The van der Waals surface area contributed by atoms with Crippen molar-refractivity contribution in [2.45, 2.75) is 26.7 Å². The molecule has 0 saturated heterocycles. The van der Waals surface area contributed by atoms with Crippen molar-refractivity contribution in [1.29, 1.82) is 0 Å². The molecule has 26 heavy (non-hydrogen) atoms. The Hall–Kier alpha value is -3.35. The second kappa shape index (κ2) is 7.69. The molecule has 1 amide bonds. The second-order valence-corrected chi connectivity index (χ2v) is 5.98. The predicted octanol–water partition coefficient (Wildman–Crippen LogP) is 2.42. The zero-order valence-corrected chi connectivity index (χ0v) is 14.6. The van der Waals surface area contributed by atoms with E-state index in [4.69, 9.17) is 0 Å². The number of carbonyl (C=O) groups excluding carboxylic acids is 1. The maximum Gasteiger partial charge on any atom is 0.254 e. The van der Waals surface area contributed by atoms with Crippen LogP contribution >= 0.6 is 0 Å². The van der Waals surface area contributed by atoms with Crippen LogP contribution in [0.4, 0.5) is 5.82 Å². The average Bonchev–Trinajstić information content (AvgIpc) is 2.63.